The Morgan fingerprint density at radius 2 is 1.92 bits per heavy atom. The van der Waals surface area contributed by atoms with Crippen LogP contribution in [0.3, 0.4) is 0 Å². The summed E-state index contributed by atoms with van der Waals surface area (Å²) >= 11 is 5.85. The fraction of sp³-hybridized carbons (Fsp3) is 0.211. The second-order valence-corrected chi connectivity index (χ2v) is 6.10. The molecule has 0 bridgehead atoms. The molecule has 0 aliphatic carbocycles. The van der Waals surface area contributed by atoms with E-state index in [-0.39, 0.29) is 19.1 Å². The number of esters is 1. The Balaban J connectivity index is 1.52. The zero-order chi connectivity index (χ0) is 18.5. The van der Waals surface area contributed by atoms with E-state index < -0.39 is 5.97 Å². The molecule has 2 aromatic carbocycles. The number of rotatable bonds is 6. The smallest absolute Gasteiger partial charge is 0.344 e. The lowest BCUT2D eigenvalue weighted by Crippen LogP contribution is -2.15. The maximum absolute atomic E-state index is 11.8. The van der Waals surface area contributed by atoms with E-state index in [2.05, 4.69) is 10.1 Å². The first-order valence-corrected chi connectivity index (χ1v) is 8.34. The summed E-state index contributed by atoms with van der Waals surface area (Å²) in [6.45, 7) is 3.61. The average Bonchev–Trinajstić information content (AvgIpc) is 3.11. The number of carbonyl (C=O) groups excluding carboxylic acids is 1. The van der Waals surface area contributed by atoms with Gasteiger partial charge >= 0.3 is 5.97 Å². The van der Waals surface area contributed by atoms with Crippen molar-refractivity contribution in [1.29, 1.82) is 0 Å². The van der Waals surface area contributed by atoms with Crippen LogP contribution in [0.15, 0.2) is 47.0 Å². The molecule has 0 saturated carbocycles. The van der Waals surface area contributed by atoms with Crippen LogP contribution in [-0.4, -0.2) is 22.7 Å². The number of aryl methyl sites for hydroxylation is 1. The van der Waals surface area contributed by atoms with Crippen LogP contribution in [0.5, 0.6) is 5.75 Å². The van der Waals surface area contributed by atoms with E-state index in [1.807, 2.05) is 32.0 Å². The van der Waals surface area contributed by atoms with Crippen molar-refractivity contribution in [3.63, 3.8) is 0 Å². The summed E-state index contributed by atoms with van der Waals surface area (Å²) in [5.41, 5.74) is 2.84. The second kappa shape index (κ2) is 8.01. The number of aromatic nitrogens is 2. The summed E-state index contributed by atoms with van der Waals surface area (Å²) in [5.74, 6) is 0.747. The Kier molecular flexibility index (Phi) is 5.53. The summed E-state index contributed by atoms with van der Waals surface area (Å²) in [6.07, 6.45) is 0. The van der Waals surface area contributed by atoms with Crippen molar-refractivity contribution in [3.8, 4) is 17.1 Å². The minimum absolute atomic E-state index is 0.115. The number of carbonyl (C=O) groups is 1. The number of hydrogen-bond donors (Lipinski definition) is 0. The molecule has 0 amide bonds. The van der Waals surface area contributed by atoms with Gasteiger partial charge < -0.3 is 14.0 Å². The highest BCUT2D eigenvalue weighted by molar-refractivity contribution is 6.30. The normalized spacial score (nSPS) is 10.6. The van der Waals surface area contributed by atoms with Crippen molar-refractivity contribution in [3.05, 3.63) is 64.5 Å². The molecule has 0 N–H and O–H groups in total. The summed E-state index contributed by atoms with van der Waals surface area (Å²) in [4.78, 5) is 16.0. The summed E-state index contributed by atoms with van der Waals surface area (Å²) in [6, 6.07) is 12.7. The Labute approximate surface area is 155 Å². The zero-order valence-electron chi connectivity index (χ0n) is 14.4. The second-order valence-electron chi connectivity index (χ2n) is 5.67. The van der Waals surface area contributed by atoms with E-state index in [1.54, 1.807) is 24.3 Å². The predicted molar refractivity (Wildman–Crippen MR) is 96.0 cm³/mol. The third kappa shape index (κ3) is 4.40. The maximum Gasteiger partial charge on any atom is 0.344 e. The van der Waals surface area contributed by atoms with Crippen LogP contribution in [0.25, 0.3) is 11.4 Å². The summed E-state index contributed by atoms with van der Waals surface area (Å²) in [5, 5.41) is 4.48. The van der Waals surface area contributed by atoms with Gasteiger partial charge in [0, 0.05) is 10.6 Å². The van der Waals surface area contributed by atoms with Gasteiger partial charge in [0.1, 0.15) is 5.75 Å². The fourth-order valence-electron chi connectivity index (χ4n) is 2.23. The molecule has 0 unspecified atom stereocenters. The third-order valence-electron chi connectivity index (χ3n) is 3.83. The molecular formula is C19H17ClN2O4. The lowest BCUT2D eigenvalue weighted by Gasteiger charge is -2.10. The van der Waals surface area contributed by atoms with Gasteiger partial charge in [-0.3, -0.25) is 0 Å². The maximum atomic E-state index is 11.8. The molecule has 0 fully saturated rings. The van der Waals surface area contributed by atoms with Crippen molar-refractivity contribution in [2.45, 2.75) is 20.5 Å². The molecule has 0 spiro atoms. The number of hydrogen-bond acceptors (Lipinski definition) is 6. The Morgan fingerprint density at radius 1 is 1.15 bits per heavy atom. The Hall–Kier alpha value is -2.86. The molecule has 1 aromatic heterocycles. The van der Waals surface area contributed by atoms with Gasteiger partial charge in [-0.15, -0.1) is 0 Å². The molecule has 3 aromatic rings. The van der Waals surface area contributed by atoms with Crippen LogP contribution in [0.2, 0.25) is 5.02 Å². The highest BCUT2D eigenvalue weighted by Gasteiger charge is 2.12. The van der Waals surface area contributed by atoms with Crippen molar-refractivity contribution >= 4 is 17.6 Å². The predicted octanol–water partition coefficient (Wildman–Crippen LogP) is 4.13. The summed E-state index contributed by atoms with van der Waals surface area (Å²) in [7, 11) is 0. The number of nitrogens with zero attached hydrogens (tertiary/aromatic N) is 2. The van der Waals surface area contributed by atoms with Crippen LogP contribution in [0.1, 0.15) is 17.0 Å². The minimum atomic E-state index is -0.517. The number of halogens is 1. The van der Waals surface area contributed by atoms with E-state index in [0.29, 0.717) is 16.6 Å². The van der Waals surface area contributed by atoms with E-state index in [9.17, 15) is 4.79 Å². The van der Waals surface area contributed by atoms with Gasteiger partial charge in [-0.25, -0.2) is 4.79 Å². The van der Waals surface area contributed by atoms with Crippen molar-refractivity contribution < 1.29 is 18.8 Å². The standard InChI is InChI=1S/C19H17ClN2O4/c1-12-4-3-5-16(13(12)2)24-11-18(23)25-10-17-21-19(22-26-17)14-6-8-15(20)9-7-14/h3-9H,10-11H2,1-2H3. The topological polar surface area (TPSA) is 74.5 Å². The van der Waals surface area contributed by atoms with E-state index in [0.717, 1.165) is 16.7 Å². The lowest BCUT2D eigenvalue weighted by molar-refractivity contribution is -0.148. The molecule has 0 saturated heterocycles. The van der Waals surface area contributed by atoms with Gasteiger partial charge in [0.05, 0.1) is 0 Å². The van der Waals surface area contributed by atoms with E-state index in [4.69, 9.17) is 25.6 Å². The van der Waals surface area contributed by atoms with E-state index in [1.165, 1.54) is 0 Å². The Bertz CT molecular complexity index is 906. The van der Waals surface area contributed by atoms with E-state index >= 15 is 0 Å². The molecule has 3 rings (SSSR count). The monoisotopic (exact) mass is 372 g/mol. The van der Waals surface area contributed by atoms with Crippen LogP contribution < -0.4 is 4.74 Å². The van der Waals surface area contributed by atoms with Gasteiger partial charge in [0.2, 0.25) is 5.82 Å². The minimum Gasteiger partial charge on any atom is -0.482 e. The number of ether oxygens (including phenoxy) is 2. The van der Waals surface area contributed by atoms with Crippen LogP contribution in [0.4, 0.5) is 0 Å². The highest BCUT2D eigenvalue weighted by atomic mass is 35.5. The first-order valence-electron chi connectivity index (χ1n) is 7.96. The van der Waals surface area contributed by atoms with Crippen LogP contribution in [0, 0.1) is 13.8 Å². The molecule has 0 aliphatic heterocycles. The molecular weight excluding hydrogens is 356 g/mol. The molecule has 0 aliphatic rings. The quantitative estimate of drug-likeness (QED) is 0.606. The lowest BCUT2D eigenvalue weighted by atomic mass is 10.1. The molecule has 1 heterocycles. The van der Waals surface area contributed by atoms with Crippen LogP contribution >= 0.6 is 11.6 Å². The van der Waals surface area contributed by atoms with Crippen molar-refractivity contribution in [1.82, 2.24) is 10.1 Å². The zero-order valence-corrected chi connectivity index (χ0v) is 15.1. The van der Waals surface area contributed by atoms with Gasteiger partial charge in [0.15, 0.2) is 13.2 Å². The SMILES string of the molecule is Cc1cccc(OCC(=O)OCc2nc(-c3ccc(Cl)cc3)no2)c1C. The molecule has 134 valence electrons. The first-order chi connectivity index (χ1) is 12.5. The van der Waals surface area contributed by atoms with Gasteiger partial charge in [-0.05, 0) is 55.3 Å². The first kappa shape index (κ1) is 17.9. The Morgan fingerprint density at radius 3 is 2.69 bits per heavy atom. The van der Waals surface area contributed by atoms with Crippen molar-refractivity contribution in [2.24, 2.45) is 0 Å². The molecule has 0 atom stereocenters. The average molecular weight is 373 g/mol. The van der Waals surface area contributed by atoms with Crippen molar-refractivity contribution in [2.75, 3.05) is 6.61 Å². The fourth-order valence-corrected chi connectivity index (χ4v) is 2.36. The van der Waals surface area contributed by atoms with Gasteiger partial charge in [0.25, 0.3) is 5.89 Å². The number of benzene rings is 2. The van der Waals surface area contributed by atoms with Gasteiger partial charge in [-0.2, -0.15) is 4.98 Å². The largest absolute Gasteiger partial charge is 0.482 e. The molecule has 0 radical (unpaired) electrons. The molecule has 26 heavy (non-hydrogen) atoms. The third-order valence-corrected chi connectivity index (χ3v) is 4.08. The summed E-state index contributed by atoms with van der Waals surface area (Å²) < 4.78 is 15.7. The highest BCUT2D eigenvalue weighted by Crippen LogP contribution is 2.21. The van der Waals surface area contributed by atoms with Crippen LogP contribution in [-0.2, 0) is 16.1 Å². The molecule has 6 nitrogen and oxygen atoms in total. The molecule has 7 heteroatoms. The van der Waals surface area contributed by atoms with Gasteiger partial charge in [-0.1, -0.05) is 28.9 Å².